The van der Waals surface area contributed by atoms with Gasteiger partial charge in [-0.25, -0.2) is 4.79 Å². The highest BCUT2D eigenvalue weighted by atomic mass is 16.5. The molecule has 0 aromatic heterocycles. The van der Waals surface area contributed by atoms with Gasteiger partial charge in [0.2, 0.25) is 0 Å². The quantitative estimate of drug-likeness (QED) is 0.895. The van der Waals surface area contributed by atoms with Crippen LogP contribution in [0.1, 0.15) is 6.92 Å². The van der Waals surface area contributed by atoms with Crippen LogP contribution < -0.4 is 20.1 Å². The van der Waals surface area contributed by atoms with E-state index in [4.69, 9.17) is 9.47 Å². The average molecular weight is 341 g/mol. The number of piperazine rings is 1. The largest absolute Gasteiger partial charge is 0.497 e. The molecule has 2 N–H and O–H groups in total. The number of hydrogen-bond acceptors (Lipinski definition) is 4. The van der Waals surface area contributed by atoms with Crippen LogP contribution in [0.2, 0.25) is 0 Å². The number of benzene rings is 2. The zero-order valence-corrected chi connectivity index (χ0v) is 14.5. The van der Waals surface area contributed by atoms with E-state index in [2.05, 4.69) is 17.6 Å². The minimum absolute atomic E-state index is 0.0721. The lowest BCUT2D eigenvalue weighted by Crippen LogP contribution is -2.52. The molecule has 0 aliphatic carbocycles. The van der Waals surface area contributed by atoms with Crippen LogP contribution in [0.4, 0.5) is 10.5 Å². The molecule has 1 atom stereocenters. The summed E-state index contributed by atoms with van der Waals surface area (Å²) in [5.41, 5.74) is 0.748. The normalized spacial score (nSPS) is 17.0. The number of urea groups is 1. The van der Waals surface area contributed by atoms with Crippen molar-refractivity contribution in [2.24, 2.45) is 0 Å². The van der Waals surface area contributed by atoms with Gasteiger partial charge in [0, 0.05) is 31.4 Å². The molecule has 2 amide bonds. The molecule has 2 aromatic carbocycles. The molecule has 25 heavy (non-hydrogen) atoms. The number of carbonyl (C=O) groups is 1. The number of amides is 2. The number of carbonyl (C=O) groups excluding carboxylic acids is 1. The van der Waals surface area contributed by atoms with Gasteiger partial charge in [0.25, 0.3) is 0 Å². The van der Waals surface area contributed by atoms with Crippen molar-refractivity contribution in [1.82, 2.24) is 10.2 Å². The SMILES string of the molecule is COc1ccc(Oc2ccc(NC(=O)N3CCN[C@H](C)C3)cc2)cc1. The van der Waals surface area contributed by atoms with E-state index in [0.29, 0.717) is 18.3 Å². The van der Waals surface area contributed by atoms with Gasteiger partial charge in [0.15, 0.2) is 0 Å². The van der Waals surface area contributed by atoms with Crippen molar-refractivity contribution < 1.29 is 14.3 Å². The summed E-state index contributed by atoms with van der Waals surface area (Å²) in [5.74, 6) is 2.22. The lowest BCUT2D eigenvalue weighted by molar-refractivity contribution is 0.192. The fourth-order valence-electron chi connectivity index (χ4n) is 2.71. The van der Waals surface area contributed by atoms with Crippen LogP contribution in [0.15, 0.2) is 48.5 Å². The van der Waals surface area contributed by atoms with Crippen LogP contribution in [-0.2, 0) is 0 Å². The molecule has 0 spiro atoms. The summed E-state index contributed by atoms with van der Waals surface area (Å²) in [6, 6.07) is 15.0. The Morgan fingerprint density at radius 2 is 1.68 bits per heavy atom. The third-order valence-electron chi connectivity index (χ3n) is 4.06. The smallest absolute Gasteiger partial charge is 0.321 e. The van der Waals surface area contributed by atoms with Crippen molar-refractivity contribution in [3.8, 4) is 17.2 Å². The van der Waals surface area contributed by atoms with Gasteiger partial charge in [0.05, 0.1) is 7.11 Å². The molecule has 1 heterocycles. The van der Waals surface area contributed by atoms with Gasteiger partial charge >= 0.3 is 6.03 Å². The van der Waals surface area contributed by atoms with Crippen LogP contribution in [-0.4, -0.2) is 43.7 Å². The molecule has 6 heteroatoms. The molecule has 0 radical (unpaired) electrons. The Morgan fingerprint density at radius 1 is 1.08 bits per heavy atom. The van der Waals surface area contributed by atoms with Crippen molar-refractivity contribution in [2.75, 3.05) is 32.1 Å². The van der Waals surface area contributed by atoms with Crippen molar-refractivity contribution >= 4 is 11.7 Å². The first-order valence-corrected chi connectivity index (χ1v) is 8.35. The third kappa shape index (κ3) is 4.64. The Kier molecular flexibility index (Phi) is 5.40. The molecular formula is C19H23N3O3. The average Bonchev–Trinajstić information content (AvgIpc) is 2.64. The third-order valence-corrected chi connectivity index (χ3v) is 4.06. The van der Waals surface area contributed by atoms with Gasteiger partial charge < -0.3 is 25.0 Å². The van der Waals surface area contributed by atoms with Crippen molar-refractivity contribution in [1.29, 1.82) is 0 Å². The molecule has 6 nitrogen and oxygen atoms in total. The fraction of sp³-hybridized carbons (Fsp3) is 0.316. The van der Waals surface area contributed by atoms with Crippen molar-refractivity contribution in [2.45, 2.75) is 13.0 Å². The number of rotatable bonds is 4. The maximum Gasteiger partial charge on any atom is 0.321 e. The second-order valence-electron chi connectivity index (χ2n) is 6.03. The Hall–Kier alpha value is -2.73. The maximum atomic E-state index is 12.3. The highest BCUT2D eigenvalue weighted by Gasteiger charge is 2.20. The standard InChI is InChI=1S/C19H23N3O3/c1-14-13-22(12-11-20-14)19(23)21-15-3-5-17(6-4-15)25-18-9-7-16(24-2)8-10-18/h3-10,14,20H,11-13H2,1-2H3,(H,21,23)/t14-/m1/s1. The van der Waals surface area contributed by atoms with Gasteiger partial charge in [-0.2, -0.15) is 0 Å². The molecule has 0 saturated carbocycles. The first kappa shape index (κ1) is 17.1. The summed E-state index contributed by atoms with van der Waals surface area (Å²) < 4.78 is 10.9. The van der Waals surface area contributed by atoms with E-state index in [1.807, 2.05) is 53.4 Å². The van der Waals surface area contributed by atoms with E-state index in [-0.39, 0.29) is 6.03 Å². The van der Waals surface area contributed by atoms with Gasteiger partial charge in [-0.1, -0.05) is 0 Å². The maximum absolute atomic E-state index is 12.3. The first-order chi connectivity index (χ1) is 12.1. The summed E-state index contributed by atoms with van der Waals surface area (Å²) in [6.45, 7) is 4.33. The van der Waals surface area contributed by atoms with Crippen molar-refractivity contribution in [3.05, 3.63) is 48.5 Å². The van der Waals surface area contributed by atoms with E-state index < -0.39 is 0 Å². The molecule has 3 rings (SSSR count). The van der Waals surface area contributed by atoms with E-state index in [9.17, 15) is 4.79 Å². The molecule has 0 unspecified atom stereocenters. The number of nitrogens with zero attached hydrogens (tertiary/aromatic N) is 1. The second-order valence-corrected chi connectivity index (χ2v) is 6.03. The van der Waals surface area contributed by atoms with Gasteiger partial charge in [-0.3, -0.25) is 0 Å². The number of ether oxygens (including phenoxy) is 2. The monoisotopic (exact) mass is 341 g/mol. The van der Waals surface area contributed by atoms with Crippen LogP contribution in [0.25, 0.3) is 0 Å². The van der Waals surface area contributed by atoms with E-state index in [1.54, 1.807) is 7.11 Å². The van der Waals surface area contributed by atoms with Crippen LogP contribution in [0.3, 0.4) is 0 Å². The van der Waals surface area contributed by atoms with Crippen molar-refractivity contribution in [3.63, 3.8) is 0 Å². The minimum atomic E-state index is -0.0721. The Bertz CT molecular complexity index is 701. The van der Waals surface area contributed by atoms with Gasteiger partial charge in [-0.15, -0.1) is 0 Å². The topological polar surface area (TPSA) is 62.8 Å². The zero-order valence-electron chi connectivity index (χ0n) is 14.5. The van der Waals surface area contributed by atoms with Crippen LogP contribution in [0.5, 0.6) is 17.2 Å². The summed E-state index contributed by atoms with van der Waals surface area (Å²) in [4.78, 5) is 14.1. The fourth-order valence-corrected chi connectivity index (χ4v) is 2.71. The van der Waals surface area contributed by atoms with Crippen LogP contribution in [0, 0.1) is 0 Å². The lowest BCUT2D eigenvalue weighted by Gasteiger charge is -2.31. The van der Waals surface area contributed by atoms with E-state index in [0.717, 1.165) is 30.3 Å². The molecular weight excluding hydrogens is 318 g/mol. The lowest BCUT2D eigenvalue weighted by atomic mass is 10.2. The predicted octanol–water partition coefficient (Wildman–Crippen LogP) is 3.31. The molecule has 132 valence electrons. The number of nitrogens with one attached hydrogen (secondary N) is 2. The molecule has 1 saturated heterocycles. The molecule has 1 fully saturated rings. The number of methoxy groups -OCH3 is 1. The van der Waals surface area contributed by atoms with E-state index >= 15 is 0 Å². The molecule has 2 aromatic rings. The van der Waals surface area contributed by atoms with E-state index in [1.165, 1.54) is 0 Å². The summed E-state index contributed by atoms with van der Waals surface area (Å²) >= 11 is 0. The number of anilines is 1. The first-order valence-electron chi connectivity index (χ1n) is 8.35. The van der Waals surface area contributed by atoms with Gasteiger partial charge in [-0.05, 0) is 55.5 Å². The Balaban J connectivity index is 1.57. The summed E-state index contributed by atoms with van der Waals surface area (Å²) in [5, 5.41) is 6.25. The molecule has 1 aliphatic heterocycles. The Morgan fingerprint density at radius 3 is 2.28 bits per heavy atom. The minimum Gasteiger partial charge on any atom is -0.497 e. The number of hydrogen-bond donors (Lipinski definition) is 2. The van der Waals surface area contributed by atoms with Crippen LogP contribution >= 0.6 is 0 Å². The molecule has 1 aliphatic rings. The highest BCUT2D eigenvalue weighted by molar-refractivity contribution is 5.89. The summed E-state index contributed by atoms with van der Waals surface area (Å²) in [6.07, 6.45) is 0. The Labute approximate surface area is 147 Å². The highest BCUT2D eigenvalue weighted by Crippen LogP contribution is 2.25. The predicted molar refractivity (Wildman–Crippen MR) is 97.6 cm³/mol. The summed E-state index contributed by atoms with van der Waals surface area (Å²) in [7, 11) is 1.63. The van der Waals surface area contributed by atoms with Gasteiger partial charge in [0.1, 0.15) is 17.2 Å². The molecule has 0 bridgehead atoms. The zero-order chi connectivity index (χ0) is 17.6. The second kappa shape index (κ2) is 7.90.